The first-order valence-electron chi connectivity index (χ1n) is 9.28. The summed E-state index contributed by atoms with van der Waals surface area (Å²) < 4.78 is 48.6. The zero-order valence-corrected chi connectivity index (χ0v) is 17.4. The minimum Gasteiger partial charge on any atom is -0.476 e. The topological polar surface area (TPSA) is 90.0 Å². The number of aryl methyl sites for hydroxylation is 1. The number of rotatable bonds is 6. The van der Waals surface area contributed by atoms with Crippen LogP contribution in [0.15, 0.2) is 36.8 Å². The maximum Gasteiger partial charge on any atom is 0.432 e. The van der Waals surface area contributed by atoms with Crippen LogP contribution in [0.1, 0.15) is 25.1 Å². The second-order valence-electron chi connectivity index (χ2n) is 7.58. The number of carbonyl (C=O) groups excluding carboxylic acids is 1. The first-order chi connectivity index (χ1) is 14.5. The van der Waals surface area contributed by atoms with Gasteiger partial charge in [0.25, 0.3) is 0 Å². The van der Waals surface area contributed by atoms with Crippen LogP contribution in [0.2, 0.25) is 0 Å². The maximum absolute atomic E-state index is 12.7. The highest BCUT2D eigenvalue weighted by Crippen LogP contribution is 2.30. The summed E-state index contributed by atoms with van der Waals surface area (Å²) in [6.45, 7) is 5.39. The van der Waals surface area contributed by atoms with Crippen molar-refractivity contribution >= 4 is 5.97 Å². The molecule has 0 atom stereocenters. The molecule has 31 heavy (non-hydrogen) atoms. The Bertz CT molecular complexity index is 1080. The van der Waals surface area contributed by atoms with Gasteiger partial charge < -0.3 is 14.5 Å². The second-order valence-corrected chi connectivity index (χ2v) is 7.58. The minimum absolute atomic E-state index is 0.0330. The summed E-state index contributed by atoms with van der Waals surface area (Å²) in [6, 6.07) is 5.04. The van der Waals surface area contributed by atoms with Crippen molar-refractivity contribution in [3.8, 4) is 28.5 Å². The molecule has 0 unspecified atom stereocenters. The van der Waals surface area contributed by atoms with Gasteiger partial charge >= 0.3 is 12.1 Å². The van der Waals surface area contributed by atoms with E-state index in [1.807, 2.05) is 6.92 Å². The number of H-pyrrole nitrogens is 1. The van der Waals surface area contributed by atoms with Crippen LogP contribution in [0.25, 0.3) is 22.6 Å². The van der Waals surface area contributed by atoms with E-state index in [9.17, 15) is 18.0 Å². The van der Waals surface area contributed by atoms with Crippen LogP contribution >= 0.6 is 0 Å². The summed E-state index contributed by atoms with van der Waals surface area (Å²) in [6.07, 6.45) is -0.611. The van der Waals surface area contributed by atoms with Gasteiger partial charge in [0.05, 0.1) is 18.7 Å². The fourth-order valence-corrected chi connectivity index (χ4v) is 2.79. The smallest absolute Gasteiger partial charge is 0.432 e. The summed E-state index contributed by atoms with van der Waals surface area (Å²) in [5, 5.41) is 0. The van der Waals surface area contributed by atoms with Crippen LogP contribution < -0.4 is 4.74 Å². The van der Waals surface area contributed by atoms with Gasteiger partial charge in [-0.25, -0.2) is 9.97 Å². The van der Waals surface area contributed by atoms with Gasteiger partial charge in [-0.15, -0.1) is 0 Å². The van der Waals surface area contributed by atoms with Crippen LogP contribution in [-0.2, 0) is 15.7 Å². The molecule has 1 N–H and O–H groups in total. The molecule has 3 rings (SSSR count). The van der Waals surface area contributed by atoms with E-state index in [1.54, 1.807) is 38.2 Å². The monoisotopic (exact) mass is 434 g/mol. The molecule has 0 aromatic carbocycles. The molecule has 0 aliphatic heterocycles. The molecule has 164 valence electrons. The lowest BCUT2D eigenvalue weighted by Crippen LogP contribution is -2.32. The molecule has 0 saturated heterocycles. The number of imidazole rings is 1. The Morgan fingerprint density at radius 3 is 2.39 bits per heavy atom. The van der Waals surface area contributed by atoms with Crippen LogP contribution in [0.3, 0.4) is 0 Å². The highest BCUT2D eigenvalue weighted by molar-refractivity contribution is 5.76. The predicted molar refractivity (Wildman–Crippen MR) is 106 cm³/mol. The van der Waals surface area contributed by atoms with Crippen LogP contribution in [0.4, 0.5) is 13.2 Å². The van der Waals surface area contributed by atoms with E-state index in [-0.39, 0.29) is 24.1 Å². The molecule has 0 saturated carbocycles. The first-order valence-corrected chi connectivity index (χ1v) is 9.28. The highest BCUT2D eigenvalue weighted by atomic mass is 19.4. The van der Waals surface area contributed by atoms with E-state index in [0.717, 1.165) is 22.9 Å². The molecule has 0 aliphatic carbocycles. The van der Waals surface area contributed by atoms with Crippen LogP contribution in [0, 0.1) is 12.3 Å². The number of hydrogen-bond donors (Lipinski definition) is 1. The Morgan fingerprint density at radius 2 is 1.84 bits per heavy atom. The van der Waals surface area contributed by atoms with Gasteiger partial charge in [0.1, 0.15) is 18.0 Å². The second kappa shape index (κ2) is 8.37. The molecule has 0 bridgehead atoms. The minimum atomic E-state index is -4.50. The summed E-state index contributed by atoms with van der Waals surface area (Å²) >= 11 is 0. The summed E-state index contributed by atoms with van der Waals surface area (Å²) in [5.41, 5.74) is 0.912. The number of halogens is 3. The highest BCUT2D eigenvalue weighted by Gasteiger charge is 2.33. The van der Waals surface area contributed by atoms with Crippen LogP contribution in [-0.4, -0.2) is 39.6 Å². The number of ether oxygens (including phenoxy) is 2. The fraction of sp³-hybridized carbons (Fsp3) is 0.333. The van der Waals surface area contributed by atoms with Crippen molar-refractivity contribution in [1.29, 1.82) is 0 Å². The van der Waals surface area contributed by atoms with E-state index in [2.05, 4.69) is 19.9 Å². The summed E-state index contributed by atoms with van der Waals surface area (Å²) in [5.74, 6) is 0.00896. The number of nitrogens with one attached hydrogen (secondary N) is 1. The number of methoxy groups -OCH3 is 1. The zero-order valence-electron chi connectivity index (χ0n) is 17.4. The third-order valence-corrected chi connectivity index (χ3v) is 4.60. The zero-order chi connectivity index (χ0) is 22.8. The molecule has 10 heteroatoms. The molecule has 7 nitrogen and oxygen atoms in total. The number of nitrogens with zero attached hydrogens (tertiary/aromatic N) is 3. The van der Waals surface area contributed by atoms with E-state index in [4.69, 9.17) is 9.47 Å². The third kappa shape index (κ3) is 5.01. The Kier molecular flexibility index (Phi) is 6.01. The summed E-state index contributed by atoms with van der Waals surface area (Å²) in [7, 11) is 1.32. The molecule has 0 aliphatic rings. The van der Waals surface area contributed by atoms with Gasteiger partial charge in [-0.3, -0.25) is 9.78 Å². The Labute approximate surface area is 176 Å². The van der Waals surface area contributed by atoms with E-state index in [1.165, 1.54) is 13.3 Å². The number of pyridine rings is 2. The van der Waals surface area contributed by atoms with Crippen molar-refractivity contribution in [3.05, 3.63) is 48.0 Å². The quantitative estimate of drug-likeness (QED) is 0.577. The normalized spacial score (nSPS) is 12.0. The number of aromatic amines is 1. The number of alkyl halides is 3. The number of hydrogen-bond acceptors (Lipinski definition) is 6. The molecule has 0 radical (unpaired) electrons. The fourth-order valence-electron chi connectivity index (χ4n) is 2.79. The largest absolute Gasteiger partial charge is 0.476 e. The first kappa shape index (κ1) is 22.3. The van der Waals surface area contributed by atoms with Crippen molar-refractivity contribution < 1.29 is 27.4 Å². The lowest BCUT2D eigenvalue weighted by atomic mass is 9.95. The van der Waals surface area contributed by atoms with Crippen molar-refractivity contribution in [2.75, 3.05) is 13.7 Å². The number of esters is 1. The van der Waals surface area contributed by atoms with Crippen molar-refractivity contribution in [2.24, 2.45) is 5.41 Å². The Balaban J connectivity index is 1.75. The van der Waals surface area contributed by atoms with Crippen molar-refractivity contribution in [2.45, 2.75) is 26.9 Å². The van der Waals surface area contributed by atoms with Gasteiger partial charge in [0, 0.05) is 29.6 Å². The van der Waals surface area contributed by atoms with E-state index < -0.39 is 17.3 Å². The molecule has 0 spiro atoms. The third-order valence-electron chi connectivity index (χ3n) is 4.60. The van der Waals surface area contributed by atoms with Gasteiger partial charge in [0.2, 0.25) is 5.88 Å². The van der Waals surface area contributed by atoms with Crippen LogP contribution in [0.5, 0.6) is 5.88 Å². The lowest BCUT2D eigenvalue weighted by Gasteiger charge is -2.21. The lowest BCUT2D eigenvalue weighted by molar-refractivity contribution is -0.152. The van der Waals surface area contributed by atoms with Gasteiger partial charge in [-0.2, -0.15) is 13.2 Å². The Hall–Kier alpha value is -3.43. The molecular formula is C21H21F3N4O3. The van der Waals surface area contributed by atoms with Gasteiger partial charge in [-0.1, -0.05) is 6.07 Å². The average molecular weight is 434 g/mol. The average Bonchev–Trinajstić information content (AvgIpc) is 3.23. The standard InChI is InChI=1S/C21H21F3N4O3/c1-12-7-17(31-11-20(2,3)19(29)30-4)26-9-14(12)13-5-6-15(25-8-13)18-27-10-16(28-18)21(22,23)24/h5-10H,11H2,1-4H3,(H,27,28). The molecule has 3 heterocycles. The molecule has 3 aromatic heterocycles. The van der Waals surface area contributed by atoms with Gasteiger partial charge in [-0.05, 0) is 32.4 Å². The van der Waals surface area contributed by atoms with Crippen molar-refractivity contribution in [1.82, 2.24) is 19.9 Å². The molecule has 3 aromatic rings. The maximum atomic E-state index is 12.7. The molecule has 0 amide bonds. The van der Waals surface area contributed by atoms with E-state index >= 15 is 0 Å². The number of aromatic nitrogens is 4. The predicted octanol–water partition coefficient (Wildman–Crippen LogP) is 4.44. The Morgan fingerprint density at radius 1 is 1.10 bits per heavy atom. The number of carbonyl (C=O) groups is 1. The molecular weight excluding hydrogens is 413 g/mol. The summed E-state index contributed by atoms with van der Waals surface area (Å²) in [4.78, 5) is 26.2. The SMILES string of the molecule is COC(=O)C(C)(C)COc1cc(C)c(-c2ccc(-c3ncc(C(F)(F)F)[nH]3)nc2)cn1. The van der Waals surface area contributed by atoms with Gasteiger partial charge in [0.15, 0.2) is 5.82 Å². The van der Waals surface area contributed by atoms with Crippen molar-refractivity contribution in [3.63, 3.8) is 0 Å². The van der Waals surface area contributed by atoms with E-state index in [0.29, 0.717) is 5.88 Å². The molecule has 0 fully saturated rings.